The van der Waals surface area contributed by atoms with Crippen LogP contribution in [-0.4, -0.2) is 37.7 Å². The van der Waals surface area contributed by atoms with E-state index in [1.165, 1.54) is 0 Å². The summed E-state index contributed by atoms with van der Waals surface area (Å²) in [6.07, 6.45) is 6.29. The monoisotopic (exact) mass is 668 g/mol. The highest BCUT2D eigenvalue weighted by molar-refractivity contribution is 14.1. The lowest BCUT2D eigenvalue weighted by molar-refractivity contribution is -0.139. The Labute approximate surface area is 252 Å². The van der Waals surface area contributed by atoms with Crippen LogP contribution in [0.3, 0.4) is 0 Å². The van der Waals surface area contributed by atoms with Gasteiger partial charge in [0.15, 0.2) is 5.60 Å². The van der Waals surface area contributed by atoms with Crippen LogP contribution in [0.2, 0.25) is 5.02 Å². The standard InChI is InChI=1S/C31H30ClIN4O3/c1-21(7-5-6-16-36-19-28(34-35-36)26(20-38)23-8-3-2-4-9-23)31(40)27-17-24(32)12-15-29(27)37(30(31)39)18-22-10-13-25(33)14-11-22/h2-5,7-15,17,19,21,26,38,40H,6,16,18,20H2,1H3/b7-5+/t21-,26?,31+/m1/s1. The number of aliphatic hydroxyl groups excluding tert-OH is 1. The summed E-state index contributed by atoms with van der Waals surface area (Å²) in [5.41, 5.74) is 2.12. The maximum atomic E-state index is 13.7. The van der Waals surface area contributed by atoms with Gasteiger partial charge in [-0.3, -0.25) is 9.48 Å². The average molecular weight is 669 g/mol. The number of halogens is 2. The highest BCUT2D eigenvalue weighted by atomic mass is 127. The Morgan fingerprint density at radius 2 is 1.85 bits per heavy atom. The van der Waals surface area contributed by atoms with Crippen molar-refractivity contribution in [2.45, 2.75) is 38.0 Å². The van der Waals surface area contributed by atoms with Crippen LogP contribution in [0.5, 0.6) is 0 Å². The minimum atomic E-state index is -1.73. The number of hydrogen-bond donors (Lipinski definition) is 2. The number of carbonyl (C=O) groups is 1. The van der Waals surface area contributed by atoms with Gasteiger partial charge in [0, 0.05) is 32.8 Å². The summed E-state index contributed by atoms with van der Waals surface area (Å²) >= 11 is 8.55. The Balaban J connectivity index is 1.28. The molecule has 1 unspecified atom stereocenters. The fraction of sp³-hybridized carbons (Fsp3) is 0.258. The smallest absolute Gasteiger partial charge is 0.264 e. The van der Waals surface area contributed by atoms with Crippen molar-refractivity contribution in [3.63, 3.8) is 0 Å². The van der Waals surface area contributed by atoms with Crippen molar-refractivity contribution in [1.82, 2.24) is 15.0 Å². The third kappa shape index (κ3) is 5.72. The molecule has 206 valence electrons. The van der Waals surface area contributed by atoms with Gasteiger partial charge in [-0.15, -0.1) is 5.10 Å². The molecule has 1 amide bonds. The number of nitrogens with zero attached hydrogens (tertiary/aromatic N) is 4. The molecule has 5 rings (SSSR count). The Hall–Kier alpha value is -3.05. The van der Waals surface area contributed by atoms with Gasteiger partial charge in [0.1, 0.15) is 0 Å². The van der Waals surface area contributed by atoms with Gasteiger partial charge in [0.05, 0.1) is 30.5 Å². The lowest BCUT2D eigenvalue weighted by Gasteiger charge is -2.27. The molecule has 4 aromatic rings. The molecule has 3 atom stereocenters. The van der Waals surface area contributed by atoms with E-state index in [-0.39, 0.29) is 18.4 Å². The molecule has 0 aliphatic carbocycles. The van der Waals surface area contributed by atoms with Gasteiger partial charge in [-0.05, 0) is 70.5 Å². The number of hydrogen-bond acceptors (Lipinski definition) is 5. The Morgan fingerprint density at radius 1 is 1.10 bits per heavy atom. The zero-order valence-corrected chi connectivity index (χ0v) is 24.9. The number of aliphatic hydroxyl groups is 2. The molecule has 7 nitrogen and oxygen atoms in total. The minimum absolute atomic E-state index is 0.0567. The quantitative estimate of drug-likeness (QED) is 0.168. The van der Waals surface area contributed by atoms with E-state index in [1.807, 2.05) is 79.9 Å². The molecule has 0 bridgehead atoms. The molecule has 3 aromatic carbocycles. The van der Waals surface area contributed by atoms with E-state index in [0.29, 0.717) is 41.5 Å². The third-order valence-corrected chi connectivity index (χ3v) is 8.35. The van der Waals surface area contributed by atoms with Gasteiger partial charge in [0.25, 0.3) is 5.91 Å². The number of aromatic nitrogens is 3. The third-order valence-electron chi connectivity index (χ3n) is 7.39. The lowest BCUT2D eigenvalue weighted by Crippen LogP contribution is -2.44. The molecule has 0 spiro atoms. The van der Waals surface area contributed by atoms with Crippen molar-refractivity contribution in [3.8, 4) is 0 Å². The fourth-order valence-corrected chi connectivity index (χ4v) is 5.66. The number of fused-ring (bicyclic) bond motifs is 1. The van der Waals surface area contributed by atoms with E-state index < -0.39 is 11.5 Å². The summed E-state index contributed by atoms with van der Waals surface area (Å²) in [6, 6.07) is 22.9. The van der Waals surface area contributed by atoms with Gasteiger partial charge >= 0.3 is 0 Å². The van der Waals surface area contributed by atoms with Crippen molar-refractivity contribution < 1.29 is 15.0 Å². The fourth-order valence-electron chi connectivity index (χ4n) is 5.13. The molecule has 0 radical (unpaired) electrons. The Kier molecular flexibility index (Phi) is 8.70. The second-order valence-corrected chi connectivity index (χ2v) is 11.7. The molecule has 40 heavy (non-hydrogen) atoms. The van der Waals surface area contributed by atoms with Crippen molar-refractivity contribution in [3.05, 3.63) is 122 Å². The predicted octanol–water partition coefficient (Wildman–Crippen LogP) is 5.68. The number of rotatable bonds is 10. The Bertz CT molecular complexity index is 1510. The summed E-state index contributed by atoms with van der Waals surface area (Å²) in [7, 11) is 0. The number of amides is 1. The van der Waals surface area contributed by atoms with Gasteiger partial charge in [0.2, 0.25) is 0 Å². The number of carbonyl (C=O) groups excluding carboxylic acids is 1. The molecule has 0 saturated heterocycles. The van der Waals surface area contributed by atoms with Crippen LogP contribution in [0, 0.1) is 9.49 Å². The molecule has 1 aliphatic heterocycles. The predicted molar refractivity (Wildman–Crippen MR) is 164 cm³/mol. The lowest BCUT2D eigenvalue weighted by atomic mass is 9.83. The summed E-state index contributed by atoms with van der Waals surface area (Å²) < 4.78 is 2.85. The van der Waals surface area contributed by atoms with Crippen molar-refractivity contribution in [2.75, 3.05) is 11.5 Å². The first-order chi connectivity index (χ1) is 19.3. The molecule has 0 saturated carbocycles. The van der Waals surface area contributed by atoms with Crippen molar-refractivity contribution in [2.24, 2.45) is 5.92 Å². The minimum Gasteiger partial charge on any atom is -0.395 e. The SMILES string of the molecule is C[C@H](/C=C/CCn1cc(C(CO)c2ccccc2)nn1)[C@@]1(O)C(=O)N(Cc2ccc(I)cc2)c2ccc(Cl)cc21. The highest BCUT2D eigenvalue weighted by Crippen LogP contribution is 2.46. The van der Waals surface area contributed by atoms with E-state index in [2.05, 4.69) is 32.9 Å². The van der Waals surface area contributed by atoms with E-state index >= 15 is 0 Å². The van der Waals surface area contributed by atoms with Gasteiger partial charge in [-0.25, -0.2) is 0 Å². The molecule has 9 heteroatoms. The number of anilines is 1. The molecule has 2 N–H and O–H groups in total. The second kappa shape index (κ2) is 12.2. The molecule has 0 fully saturated rings. The van der Waals surface area contributed by atoms with Crippen LogP contribution in [0.15, 0.2) is 91.1 Å². The van der Waals surface area contributed by atoms with Crippen LogP contribution >= 0.6 is 34.2 Å². The van der Waals surface area contributed by atoms with Crippen molar-refractivity contribution in [1.29, 1.82) is 0 Å². The summed E-state index contributed by atoms with van der Waals surface area (Å²) in [6.45, 7) is 2.71. The van der Waals surface area contributed by atoms with Gasteiger partial charge in [-0.1, -0.05) is 78.4 Å². The molecule has 1 aliphatic rings. The maximum Gasteiger partial charge on any atom is 0.264 e. The first-order valence-electron chi connectivity index (χ1n) is 13.1. The van der Waals surface area contributed by atoms with Crippen LogP contribution in [0.25, 0.3) is 0 Å². The first-order valence-corrected chi connectivity index (χ1v) is 14.6. The number of aryl methyl sites for hydroxylation is 1. The summed E-state index contributed by atoms with van der Waals surface area (Å²) in [5.74, 6) is -1.10. The number of allylic oxidation sites excluding steroid dienone is 1. The normalized spacial score (nSPS) is 18.3. The topological polar surface area (TPSA) is 91.5 Å². The van der Waals surface area contributed by atoms with E-state index in [0.717, 1.165) is 14.7 Å². The van der Waals surface area contributed by atoms with Crippen molar-refractivity contribution >= 4 is 45.8 Å². The molecular weight excluding hydrogens is 639 g/mol. The maximum absolute atomic E-state index is 13.7. The molecule has 1 aromatic heterocycles. The Morgan fingerprint density at radius 3 is 2.58 bits per heavy atom. The highest BCUT2D eigenvalue weighted by Gasteiger charge is 2.52. The van der Waals surface area contributed by atoms with E-state index in [4.69, 9.17) is 11.6 Å². The molecular formula is C31H30ClIN4O3. The van der Waals surface area contributed by atoms with Crippen LogP contribution < -0.4 is 4.90 Å². The zero-order chi connectivity index (χ0) is 28.3. The summed E-state index contributed by atoms with van der Waals surface area (Å²) in [4.78, 5) is 15.4. The average Bonchev–Trinajstić information content (AvgIpc) is 3.51. The first kappa shape index (κ1) is 28.5. The van der Waals surface area contributed by atoms with Crippen LogP contribution in [0.4, 0.5) is 5.69 Å². The molecule has 2 heterocycles. The van der Waals surface area contributed by atoms with E-state index in [9.17, 15) is 15.0 Å². The van der Waals surface area contributed by atoms with Gasteiger partial charge in [-0.2, -0.15) is 0 Å². The van der Waals surface area contributed by atoms with Gasteiger partial charge < -0.3 is 15.1 Å². The zero-order valence-electron chi connectivity index (χ0n) is 22.0. The van der Waals surface area contributed by atoms with Crippen LogP contribution in [0.1, 0.15) is 41.6 Å². The largest absolute Gasteiger partial charge is 0.395 e. The van der Waals surface area contributed by atoms with E-state index in [1.54, 1.807) is 27.8 Å². The van der Waals surface area contributed by atoms with Crippen LogP contribution in [-0.2, 0) is 23.5 Å². The second-order valence-electron chi connectivity index (χ2n) is 10.0. The number of benzene rings is 3. The summed E-state index contributed by atoms with van der Waals surface area (Å²) in [5, 5.41) is 30.7.